The van der Waals surface area contributed by atoms with Gasteiger partial charge in [-0.05, 0) is 12.8 Å². The highest BCUT2D eigenvalue weighted by atomic mass is 32.2. The zero-order valence-corrected chi connectivity index (χ0v) is 8.31. The van der Waals surface area contributed by atoms with Gasteiger partial charge < -0.3 is 5.11 Å². The van der Waals surface area contributed by atoms with Crippen LogP contribution in [-0.4, -0.2) is 27.9 Å². The maximum absolute atomic E-state index is 11.2. The number of thioether (sulfide) groups is 1. The van der Waals surface area contributed by atoms with Gasteiger partial charge in [0.15, 0.2) is 0 Å². The maximum Gasteiger partial charge on any atom is 0.303 e. The highest BCUT2D eigenvalue weighted by Crippen LogP contribution is 2.27. The van der Waals surface area contributed by atoms with E-state index in [-0.39, 0.29) is 11.7 Å². The van der Waals surface area contributed by atoms with E-state index < -0.39 is 5.97 Å². The van der Waals surface area contributed by atoms with Crippen molar-refractivity contribution in [2.75, 3.05) is 5.75 Å². The van der Waals surface area contributed by atoms with Crippen LogP contribution < -0.4 is 0 Å². The normalized spacial score (nSPS) is 22.2. The molecule has 1 aliphatic heterocycles. The van der Waals surface area contributed by atoms with Gasteiger partial charge in [0.25, 0.3) is 0 Å². The number of carboxylic acids is 1. The molecule has 13 heavy (non-hydrogen) atoms. The summed E-state index contributed by atoms with van der Waals surface area (Å²) in [5.74, 6) is 0.549. The minimum atomic E-state index is -0.745. The summed E-state index contributed by atoms with van der Waals surface area (Å²) in [6.45, 7) is 0. The highest BCUT2D eigenvalue weighted by Gasteiger charge is 2.24. The van der Waals surface area contributed by atoms with E-state index in [2.05, 4.69) is 0 Å². The highest BCUT2D eigenvalue weighted by molar-refractivity contribution is 8.01. The lowest BCUT2D eigenvalue weighted by Crippen LogP contribution is -2.10. The van der Waals surface area contributed by atoms with Crippen LogP contribution in [0.25, 0.3) is 0 Å². The van der Waals surface area contributed by atoms with Crippen molar-refractivity contribution in [2.24, 2.45) is 0 Å². The first-order valence-corrected chi connectivity index (χ1v) is 5.61. The molecule has 1 rings (SSSR count). The van der Waals surface area contributed by atoms with Gasteiger partial charge in [0.05, 0.1) is 5.25 Å². The fraction of sp³-hybridized carbons (Fsp3) is 0.778. The summed E-state index contributed by atoms with van der Waals surface area (Å²) in [5.41, 5.74) is 0. The van der Waals surface area contributed by atoms with Gasteiger partial charge in [-0.2, -0.15) is 11.8 Å². The predicted octanol–water partition coefficient (Wildman–Crippen LogP) is 1.71. The zero-order chi connectivity index (χ0) is 9.68. The fourth-order valence-electron chi connectivity index (χ4n) is 1.41. The number of hydrogen-bond donors (Lipinski definition) is 1. The number of carbonyl (C=O) groups is 2. The van der Waals surface area contributed by atoms with Crippen molar-refractivity contribution in [3.05, 3.63) is 0 Å². The molecule has 0 bridgehead atoms. The summed E-state index contributed by atoms with van der Waals surface area (Å²) in [6, 6.07) is 0. The third-order valence-corrected chi connectivity index (χ3v) is 3.47. The monoisotopic (exact) mass is 202 g/mol. The SMILES string of the molecule is O=C(O)CCCCC1SCCC1=O. The molecule has 1 fully saturated rings. The largest absolute Gasteiger partial charge is 0.481 e. The van der Waals surface area contributed by atoms with Gasteiger partial charge in [-0.3, -0.25) is 9.59 Å². The standard InChI is InChI=1S/C9H14O3S/c10-7-5-6-13-8(7)3-1-2-4-9(11)12/h8H,1-6H2,(H,11,12). The van der Waals surface area contributed by atoms with E-state index in [1.807, 2.05) is 0 Å². The number of rotatable bonds is 5. The molecule has 0 aromatic carbocycles. The van der Waals surface area contributed by atoms with Crippen LogP contribution in [0.15, 0.2) is 0 Å². The van der Waals surface area contributed by atoms with Crippen molar-refractivity contribution in [1.82, 2.24) is 0 Å². The van der Waals surface area contributed by atoms with Gasteiger partial charge in [-0.1, -0.05) is 6.42 Å². The van der Waals surface area contributed by atoms with Crippen molar-refractivity contribution >= 4 is 23.5 Å². The Hall–Kier alpha value is -0.510. The molecular formula is C9H14O3S. The van der Waals surface area contributed by atoms with Gasteiger partial charge in [-0.15, -0.1) is 0 Å². The average molecular weight is 202 g/mol. The maximum atomic E-state index is 11.2. The van der Waals surface area contributed by atoms with E-state index in [4.69, 9.17) is 5.11 Å². The van der Waals surface area contributed by atoms with E-state index in [0.717, 1.165) is 18.6 Å². The first-order chi connectivity index (χ1) is 6.20. The summed E-state index contributed by atoms with van der Waals surface area (Å²) < 4.78 is 0. The van der Waals surface area contributed by atoms with Crippen LogP contribution in [0.1, 0.15) is 32.1 Å². The van der Waals surface area contributed by atoms with Gasteiger partial charge in [0, 0.05) is 18.6 Å². The Kier molecular flexibility index (Phi) is 4.28. The van der Waals surface area contributed by atoms with E-state index in [1.165, 1.54) is 0 Å². The molecule has 4 heteroatoms. The Morgan fingerprint density at radius 2 is 2.31 bits per heavy atom. The molecule has 1 unspecified atom stereocenters. The molecule has 1 atom stereocenters. The van der Waals surface area contributed by atoms with Crippen LogP contribution in [0.4, 0.5) is 0 Å². The predicted molar refractivity (Wildman–Crippen MR) is 52.0 cm³/mol. The number of carboxylic acid groups (broad SMARTS) is 1. The number of aliphatic carboxylic acids is 1. The lowest BCUT2D eigenvalue weighted by Gasteiger charge is -2.05. The van der Waals surface area contributed by atoms with Crippen LogP contribution in [0, 0.1) is 0 Å². The van der Waals surface area contributed by atoms with Crippen LogP contribution in [0.5, 0.6) is 0 Å². The molecule has 0 aromatic heterocycles. The molecule has 1 aliphatic rings. The molecule has 3 nitrogen and oxygen atoms in total. The third-order valence-electron chi connectivity index (χ3n) is 2.13. The number of Topliss-reactive ketones (excluding diaryl/α,β-unsaturated/α-hetero) is 1. The van der Waals surface area contributed by atoms with Crippen molar-refractivity contribution in [3.8, 4) is 0 Å². The first kappa shape index (κ1) is 10.6. The summed E-state index contributed by atoms with van der Waals surface area (Å²) in [7, 11) is 0. The minimum Gasteiger partial charge on any atom is -0.481 e. The summed E-state index contributed by atoms with van der Waals surface area (Å²) >= 11 is 1.71. The molecule has 0 spiro atoms. The zero-order valence-electron chi connectivity index (χ0n) is 7.49. The molecule has 74 valence electrons. The first-order valence-electron chi connectivity index (χ1n) is 4.56. The number of hydrogen-bond acceptors (Lipinski definition) is 3. The van der Waals surface area contributed by atoms with Gasteiger partial charge in [0.1, 0.15) is 5.78 Å². The van der Waals surface area contributed by atoms with Crippen LogP contribution in [0.3, 0.4) is 0 Å². The third kappa shape index (κ3) is 3.81. The van der Waals surface area contributed by atoms with E-state index in [1.54, 1.807) is 11.8 Å². The van der Waals surface area contributed by atoms with Crippen molar-refractivity contribution in [1.29, 1.82) is 0 Å². The molecule has 1 heterocycles. The van der Waals surface area contributed by atoms with Gasteiger partial charge in [-0.25, -0.2) is 0 Å². The Morgan fingerprint density at radius 3 is 2.85 bits per heavy atom. The van der Waals surface area contributed by atoms with E-state index in [0.29, 0.717) is 18.6 Å². The molecule has 0 saturated carbocycles. The summed E-state index contributed by atoms with van der Waals surface area (Å²) in [6.07, 6.45) is 3.34. The van der Waals surface area contributed by atoms with Crippen LogP contribution in [-0.2, 0) is 9.59 Å². The number of carbonyl (C=O) groups excluding carboxylic acids is 1. The second kappa shape index (κ2) is 5.27. The quantitative estimate of drug-likeness (QED) is 0.689. The Morgan fingerprint density at radius 1 is 1.54 bits per heavy atom. The fourth-order valence-corrected chi connectivity index (χ4v) is 2.65. The molecule has 0 amide bonds. The average Bonchev–Trinajstić information content (AvgIpc) is 2.45. The van der Waals surface area contributed by atoms with Crippen molar-refractivity contribution < 1.29 is 14.7 Å². The Balaban J connectivity index is 2.05. The smallest absolute Gasteiger partial charge is 0.303 e. The lowest BCUT2D eigenvalue weighted by atomic mass is 10.1. The van der Waals surface area contributed by atoms with E-state index >= 15 is 0 Å². The van der Waals surface area contributed by atoms with Gasteiger partial charge in [0.2, 0.25) is 0 Å². The van der Waals surface area contributed by atoms with E-state index in [9.17, 15) is 9.59 Å². The second-order valence-corrected chi connectivity index (χ2v) is 4.53. The van der Waals surface area contributed by atoms with Crippen molar-refractivity contribution in [2.45, 2.75) is 37.4 Å². The minimum absolute atomic E-state index is 0.161. The Bertz CT molecular complexity index is 203. The van der Waals surface area contributed by atoms with Crippen LogP contribution in [0.2, 0.25) is 0 Å². The van der Waals surface area contributed by atoms with Crippen molar-refractivity contribution in [3.63, 3.8) is 0 Å². The van der Waals surface area contributed by atoms with Crippen LogP contribution >= 0.6 is 11.8 Å². The molecule has 0 aliphatic carbocycles. The molecule has 0 aromatic rings. The second-order valence-electron chi connectivity index (χ2n) is 3.22. The molecule has 0 radical (unpaired) electrons. The molecular weight excluding hydrogens is 188 g/mol. The van der Waals surface area contributed by atoms with Gasteiger partial charge >= 0.3 is 5.97 Å². The topological polar surface area (TPSA) is 54.4 Å². The lowest BCUT2D eigenvalue weighted by molar-refractivity contribution is -0.137. The Labute approximate surface area is 81.9 Å². The summed E-state index contributed by atoms with van der Waals surface area (Å²) in [5, 5.41) is 8.55. The summed E-state index contributed by atoms with van der Waals surface area (Å²) in [4.78, 5) is 21.4. The molecule has 1 N–H and O–H groups in total. The molecule has 1 saturated heterocycles. The number of ketones is 1. The number of unbranched alkanes of at least 4 members (excludes halogenated alkanes) is 1.